The number of carbonyl (C=O) groups is 2. The summed E-state index contributed by atoms with van der Waals surface area (Å²) < 4.78 is 0. The summed E-state index contributed by atoms with van der Waals surface area (Å²) in [4.78, 5) is 19.0. The molecule has 0 bridgehead atoms. The van der Waals surface area contributed by atoms with Gasteiger partial charge in [0.1, 0.15) is 0 Å². The van der Waals surface area contributed by atoms with Crippen LogP contribution in [0.15, 0.2) is 0 Å². The molecule has 5 heteroatoms. The van der Waals surface area contributed by atoms with Crippen LogP contribution in [-0.4, -0.2) is 60.8 Å². The van der Waals surface area contributed by atoms with Crippen LogP contribution < -0.4 is 10.2 Å². The average molecular weight is 253 g/mol. The molecule has 0 fully saturated rings. The average Bonchev–Trinajstić information content (AvgIpc) is 1.61. The van der Waals surface area contributed by atoms with Crippen LogP contribution in [0.25, 0.3) is 0 Å². The summed E-state index contributed by atoms with van der Waals surface area (Å²) in [5, 5.41) is 19.0. The van der Waals surface area contributed by atoms with Gasteiger partial charge in [0.25, 0.3) is 0 Å². The molecule has 0 saturated carbocycles. The summed E-state index contributed by atoms with van der Waals surface area (Å²) >= 11 is 0. The zero-order valence-corrected chi connectivity index (χ0v) is 9.20. The van der Waals surface area contributed by atoms with Crippen molar-refractivity contribution in [3.05, 3.63) is 0 Å². The van der Waals surface area contributed by atoms with E-state index in [1.165, 1.54) is 0 Å². The Morgan fingerprint density at radius 3 is 1.33 bits per heavy atom. The Hall–Kier alpha value is 0.511. The van der Waals surface area contributed by atoms with Crippen LogP contribution in [0.4, 0.5) is 0 Å². The van der Waals surface area contributed by atoms with Gasteiger partial charge in [-0.3, -0.25) is 0 Å². The van der Waals surface area contributed by atoms with Crippen molar-refractivity contribution in [1.82, 2.24) is 0 Å². The van der Waals surface area contributed by atoms with Crippen LogP contribution in [0.5, 0.6) is 0 Å². The first-order chi connectivity index (χ1) is 3.63. The summed E-state index contributed by atoms with van der Waals surface area (Å²) in [6.45, 7) is 0. The quantitative estimate of drug-likeness (QED) is 0.499. The van der Waals surface area contributed by atoms with Crippen LogP contribution in [0.3, 0.4) is 0 Å². The second-order valence-corrected chi connectivity index (χ2v) is 1.24. The number of carboxylic acids is 2. The van der Waals surface area contributed by atoms with E-state index < -0.39 is 24.8 Å². The maximum atomic E-state index is 9.50. The van der Waals surface area contributed by atoms with Crippen LogP contribution >= 0.6 is 0 Å². The van der Waals surface area contributed by atoms with Gasteiger partial charge < -0.3 is 19.8 Å². The Morgan fingerprint density at radius 1 is 1.00 bits per heavy atom. The van der Waals surface area contributed by atoms with Gasteiger partial charge in [0.15, 0.2) is 0 Å². The maximum absolute atomic E-state index is 9.50. The van der Waals surface area contributed by atoms with E-state index in [2.05, 4.69) is 0 Å². The molecule has 0 heterocycles. The van der Waals surface area contributed by atoms with E-state index in [1.54, 1.807) is 0 Å². The standard InChI is InChI=1S/C4H6O4.Ba/c5-3(6)1-2-4(7)8;/h1-2H2,(H,5,6)(H,7,8);/q;+2/p-2. The molecule has 0 radical (unpaired) electrons. The second kappa shape index (κ2) is 6.63. The predicted molar refractivity (Wildman–Crippen MR) is 25.0 cm³/mol. The number of carboxylic acid groups (broad SMARTS) is 2. The molecule has 0 aliphatic rings. The normalized spacial score (nSPS) is 7.56. The summed E-state index contributed by atoms with van der Waals surface area (Å²) in [6.07, 6.45) is -0.940. The Bertz CT molecular complexity index is 97.1. The molecule has 4 nitrogen and oxygen atoms in total. The molecule has 0 N–H and O–H groups in total. The molecule has 0 rings (SSSR count). The van der Waals surface area contributed by atoms with Gasteiger partial charge in [0.05, 0.1) is 0 Å². The zero-order valence-electron chi connectivity index (χ0n) is 4.75. The molecule has 0 aliphatic carbocycles. The topological polar surface area (TPSA) is 80.3 Å². The van der Waals surface area contributed by atoms with Crippen molar-refractivity contribution in [3.63, 3.8) is 0 Å². The molecule has 0 aromatic carbocycles. The molecule has 0 spiro atoms. The van der Waals surface area contributed by atoms with E-state index >= 15 is 0 Å². The minimum atomic E-state index is -1.37. The van der Waals surface area contributed by atoms with Crippen LogP contribution in [0.1, 0.15) is 12.8 Å². The third kappa shape index (κ3) is 11.9. The van der Waals surface area contributed by atoms with Gasteiger partial charge in [-0.25, -0.2) is 0 Å². The third-order valence-electron chi connectivity index (χ3n) is 0.533. The smallest absolute Gasteiger partial charge is 0.550 e. The van der Waals surface area contributed by atoms with Crippen molar-refractivity contribution in [2.24, 2.45) is 0 Å². The fraction of sp³-hybridized carbons (Fsp3) is 0.500. The molecule has 0 saturated heterocycles. The minimum absolute atomic E-state index is 0. The number of aliphatic carboxylic acids is 2. The first-order valence-electron chi connectivity index (χ1n) is 2.02. The van der Waals surface area contributed by atoms with Crippen molar-refractivity contribution in [1.29, 1.82) is 0 Å². The van der Waals surface area contributed by atoms with Gasteiger partial charge in [0.2, 0.25) is 0 Å². The predicted octanol–water partition coefficient (Wildman–Crippen LogP) is -3.11. The first kappa shape index (κ1) is 12.2. The molecule has 46 valence electrons. The molecular formula is C4H4BaO4. The minimum Gasteiger partial charge on any atom is -0.550 e. The second-order valence-electron chi connectivity index (χ2n) is 1.24. The van der Waals surface area contributed by atoms with Crippen LogP contribution in [0, 0.1) is 0 Å². The van der Waals surface area contributed by atoms with E-state index in [4.69, 9.17) is 0 Å². The Morgan fingerprint density at radius 2 is 1.22 bits per heavy atom. The largest absolute Gasteiger partial charge is 2.00 e. The van der Waals surface area contributed by atoms with Gasteiger partial charge in [-0.1, -0.05) is 0 Å². The Kier molecular flexibility index (Phi) is 9.00. The van der Waals surface area contributed by atoms with Crippen molar-refractivity contribution in [3.8, 4) is 0 Å². The Balaban J connectivity index is 0. The van der Waals surface area contributed by atoms with Crippen LogP contribution in [-0.2, 0) is 9.59 Å². The van der Waals surface area contributed by atoms with Crippen LogP contribution in [0.2, 0.25) is 0 Å². The fourth-order valence-electron chi connectivity index (χ4n) is 0.204. The molecule has 0 unspecified atom stereocenters. The molecule has 0 atom stereocenters. The monoisotopic (exact) mass is 254 g/mol. The van der Waals surface area contributed by atoms with E-state index in [-0.39, 0.29) is 48.9 Å². The van der Waals surface area contributed by atoms with E-state index in [9.17, 15) is 19.8 Å². The molecular weight excluding hydrogens is 249 g/mol. The number of carbonyl (C=O) groups excluding carboxylic acids is 2. The SMILES string of the molecule is O=C([O-])CCC(=O)[O-].[Ba+2]. The molecule has 0 aromatic heterocycles. The molecule has 9 heavy (non-hydrogen) atoms. The number of rotatable bonds is 3. The van der Waals surface area contributed by atoms with Gasteiger partial charge in [-0.15, -0.1) is 0 Å². The van der Waals surface area contributed by atoms with Crippen molar-refractivity contribution in [2.75, 3.05) is 0 Å². The molecule has 0 amide bonds. The number of hydrogen-bond acceptors (Lipinski definition) is 4. The molecule has 0 aliphatic heterocycles. The van der Waals surface area contributed by atoms with Gasteiger partial charge in [-0.2, -0.15) is 0 Å². The van der Waals surface area contributed by atoms with Gasteiger partial charge >= 0.3 is 48.9 Å². The number of hydrogen-bond donors (Lipinski definition) is 0. The molecule has 0 aromatic rings. The zero-order chi connectivity index (χ0) is 6.57. The van der Waals surface area contributed by atoms with E-state index in [0.29, 0.717) is 0 Å². The van der Waals surface area contributed by atoms with Crippen molar-refractivity contribution < 1.29 is 19.8 Å². The third-order valence-corrected chi connectivity index (χ3v) is 0.533. The van der Waals surface area contributed by atoms with E-state index in [1.807, 2.05) is 0 Å². The summed E-state index contributed by atoms with van der Waals surface area (Å²) in [5.74, 6) is -2.73. The first-order valence-corrected chi connectivity index (χ1v) is 2.02. The summed E-state index contributed by atoms with van der Waals surface area (Å²) in [6, 6.07) is 0. The van der Waals surface area contributed by atoms with Gasteiger partial charge in [0, 0.05) is 11.9 Å². The van der Waals surface area contributed by atoms with Crippen molar-refractivity contribution in [2.45, 2.75) is 12.8 Å². The summed E-state index contributed by atoms with van der Waals surface area (Å²) in [5.41, 5.74) is 0. The van der Waals surface area contributed by atoms with Gasteiger partial charge in [-0.05, 0) is 12.8 Å². The Labute approximate surface area is 92.3 Å². The fourth-order valence-corrected chi connectivity index (χ4v) is 0.204. The van der Waals surface area contributed by atoms with Crippen molar-refractivity contribution >= 4 is 60.8 Å². The van der Waals surface area contributed by atoms with E-state index in [0.717, 1.165) is 0 Å². The summed E-state index contributed by atoms with van der Waals surface area (Å²) in [7, 11) is 0. The maximum Gasteiger partial charge on any atom is 2.00 e.